The summed E-state index contributed by atoms with van der Waals surface area (Å²) in [5.41, 5.74) is 0.588. The number of urea groups is 1. The van der Waals surface area contributed by atoms with Crippen LogP contribution >= 0.6 is 0 Å². The fraction of sp³-hybridized carbons (Fsp3) is 0.333. The quantitative estimate of drug-likeness (QED) is 0.798. The second-order valence-electron chi connectivity index (χ2n) is 6.32. The topological polar surface area (TPSA) is 105 Å². The number of hydrogen-bond donors (Lipinski definition) is 2. The van der Waals surface area contributed by atoms with Crippen LogP contribution in [0.25, 0.3) is 0 Å². The molecule has 8 heteroatoms. The number of benzene rings is 1. The van der Waals surface area contributed by atoms with Crippen molar-refractivity contribution in [3.8, 4) is 0 Å². The van der Waals surface area contributed by atoms with Crippen LogP contribution in [0, 0.1) is 13.8 Å². The lowest BCUT2D eigenvalue weighted by molar-refractivity contribution is -0.134. The molecular weight excluding hydrogens is 336 g/mol. The Morgan fingerprint density at radius 1 is 1.27 bits per heavy atom. The average Bonchev–Trinajstić information content (AvgIpc) is 3.11. The molecule has 1 aliphatic heterocycles. The van der Waals surface area contributed by atoms with Crippen molar-refractivity contribution in [1.82, 2.24) is 15.4 Å². The van der Waals surface area contributed by atoms with Crippen LogP contribution in [0.3, 0.4) is 0 Å². The van der Waals surface area contributed by atoms with Gasteiger partial charge >= 0.3 is 6.03 Å². The highest BCUT2D eigenvalue weighted by Gasteiger charge is 2.51. The monoisotopic (exact) mass is 356 g/mol. The Hall–Kier alpha value is -3.16. The van der Waals surface area contributed by atoms with Gasteiger partial charge in [-0.1, -0.05) is 41.9 Å². The van der Waals surface area contributed by atoms with Crippen molar-refractivity contribution in [1.29, 1.82) is 0 Å². The first-order valence-corrected chi connectivity index (χ1v) is 8.30. The molecule has 1 saturated heterocycles. The highest BCUT2D eigenvalue weighted by molar-refractivity contribution is 6.10. The first-order chi connectivity index (χ1) is 12.4. The summed E-state index contributed by atoms with van der Waals surface area (Å²) in [7, 11) is 0. The molecule has 0 unspecified atom stereocenters. The van der Waals surface area contributed by atoms with Crippen LogP contribution in [0.15, 0.2) is 34.9 Å². The zero-order valence-corrected chi connectivity index (χ0v) is 14.8. The lowest BCUT2D eigenvalue weighted by Crippen LogP contribution is -2.44. The molecule has 0 radical (unpaired) electrons. The zero-order chi connectivity index (χ0) is 18.9. The van der Waals surface area contributed by atoms with Gasteiger partial charge in [0.2, 0.25) is 5.91 Å². The number of anilines is 1. The van der Waals surface area contributed by atoms with E-state index in [0.717, 1.165) is 10.5 Å². The number of rotatable bonds is 5. The lowest BCUT2D eigenvalue weighted by Gasteiger charge is -2.25. The maximum Gasteiger partial charge on any atom is 0.325 e. The molecule has 1 aromatic heterocycles. The fourth-order valence-electron chi connectivity index (χ4n) is 3.00. The summed E-state index contributed by atoms with van der Waals surface area (Å²) in [6, 6.07) is 8.36. The molecule has 4 amide bonds. The number of carbonyl (C=O) groups excluding carboxylic acids is 3. The smallest absolute Gasteiger partial charge is 0.325 e. The number of hydrogen-bond acceptors (Lipinski definition) is 5. The van der Waals surface area contributed by atoms with Crippen LogP contribution in [0.4, 0.5) is 10.6 Å². The van der Waals surface area contributed by atoms with Crippen molar-refractivity contribution in [2.45, 2.75) is 32.7 Å². The third-order valence-electron chi connectivity index (χ3n) is 4.45. The third kappa shape index (κ3) is 3.05. The van der Waals surface area contributed by atoms with E-state index in [4.69, 9.17) is 4.52 Å². The van der Waals surface area contributed by atoms with Crippen LogP contribution in [0.2, 0.25) is 0 Å². The summed E-state index contributed by atoms with van der Waals surface area (Å²) in [6.07, 6.45) is 0.376. The third-order valence-corrected chi connectivity index (χ3v) is 4.45. The van der Waals surface area contributed by atoms with E-state index in [2.05, 4.69) is 15.8 Å². The number of aryl methyl sites for hydroxylation is 2. The van der Waals surface area contributed by atoms with E-state index in [1.807, 2.05) is 38.1 Å². The van der Waals surface area contributed by atoms with E-state index < -0.39 is 29.9 Å². The summed E-state index contributed by atoms with van der Waals surface area (Å²) < 4.78 is 4.87. The number of nitrogens with one attached hydrogen (secondary N) is 2. The Labute approximate surface area is 150 Å². The summed E-state index contributed by atoms with van der Waals surface area (Å²) in [5.74, 6) is -0.197. The largest absolute Gasteiger partial charge is 0.360 e. The maximum absolute atomic E-state index is 13.0. The minimum Gasteiger partial charge on any atom is -0.360 e. The SMILES string of the molecule is CC[C@]1(c2ccc(C)cc2)NC(=O)N(CC(=O)Nc2cc(C)on2)C1=O. The van der Waals surface area contributed by atoms with Crippen molar-refractivity contribution in [3.63, 3.8) is 0 Å². The first-order valence-electron chi connectivity index (χ1n) is 8.30. The van der Waals surface area contributed by atoms with Gasteiger partial charge in [0.25, 0.3) is 5.91 Å². The van der Waals surface area contributed by atoms with E-state index in [0.29, 0.717) is 17.7 Å². The molecule has 0 saturated carbocycles. The summed E-state index contributed by atoms with van der Waals surface area (Å²) >= 11 is 0. The molecular formula is C18H20N4O4. The Bertz CT molecular complexity index is 858. The Kier molecular flexibility index (Phi) is 4.50. The molecule has 0 spiro atoms. The Balaban J connectivity index is 1.79. The van der Waals surface area contributed by atoms with Crippen molar-refractivity contribution >= 4 is 23.7 Å². The molecule has 0 aliphatic carbocycles. The zero-order valence-electron chi connectivity index (χ0n) is 14.8. The normalized spacial score (nSPS) is 19.6. The molecule has 26 heavy (non-hydrogen) atoms. The van der Waals surface area contributed by atoms with Gasteiger partial charge in [-0.15, -0.1) is 0 Å². The number of imide groups is 1. The molecule has 1 aliphatic rings. The Morgan fingerprint density at radius 3 is 2.54 bits per heavy atom. The van der Waals surface area contributed by atoms with Gasteiger partial charge in [-0.25, -0.2) is 4.79 Å². The predicted octanol–water partition coefficient (Wildman–Crippen LogP) is 2.09. The minimum atomic E-state index is -1.16. The second-order valence-corrected chi connectivity index (χ2v) is 6.32. The van der Waals surface area contributed by atoms with E-state index in [-0.39, 0.29) is 5.82 Å². The van der Waals surface area contributed by atoms with Crippen LogP contribution in [0.5, 0.6) is 0 Å². The molecule has 1 atom stereocenters. The predicted molar refractivity (Wildman–Crippen MR) is 93.3 cm³/mol. The molecule has 1 fully saturated rings. The van der Waals surface area contributed by atoms with Crippen LogP contribution in [-0.2, 0) is 15.1 Å². The molecule has 1 aromatic carbocycles. The molecule has 3 rings (SSSR count). The number of nitrogens with zero attached hydrogens (tertiary/aromatic N) is 2. The summed E-state index contributed by atoms with van der Waals surface area (Å²) in [6.45, 7) is 5.06. The highest BCUT2D eigenvalue weighted by Crippen LogP contribution is 2.32. The van der Waals surface area contributed by atoms with Gasteiger partial charge in [-0.3, -0.25) is 14.5 Å². The van der Waals surface area contributed by atoms with Crippen molar-refractivity contribution in [2.75, 3.05) is 11.9 Å². The van der Waals surface area contributed by atoms with Gasteiger partial charge < -0.3 is 15.2 Å². The summed E-state index contributed by atoms with van der Waals surface area (Å²) in [5, 5.41) is 8.91. The molecule has 2 aromatic rings. The van der Waals surface area contributed by atoms with E-state index in [1.165, 1.54) is 0 Å². The van der Waals surface area contributed by atoms with Gasteiger partial charge in [0, 0.05) is 6.07 Å². The van der Waals surface area contributed by atoms with Crippen molar-refractivity contribution < 1.29 is 18.9 Å². The van der Waals surface area contributed by atoms with Gasteiger partial charge in [-0.05, 0) is 25.8 Å². The van der Waals surface area contributed by atoms with Crippen molar-refractivity contribution in [2.24, 2.45) is 0 Å². The van der Waals surface area contributed by atoms with E-state index >= 15 is 0 Å². The molecule has 2 N–H and O–H groups in total. The number of carbonyl (C=O) groups is 3. The van der Waals surface area contributed by atoms with Gasteiger partial charge in [0.05, 0.1) is 0 Å². The molecule has 8 nitrogen and oxygen atoms in total. The average molecular weight is 356 g/mol. The number of amides is 4. The molecule has 2 heterocycles. The van der Waals surface area contributed by atoms with Crippen LogP contribution in [-0.4, -0.2) is 34.4 Å². The van der Waals surface area contributed by atoms with Gasteiger partial charge in [0.15, 0.2) is 5.82 Å². The maximum atomic E-state index is 13.0. The number of aromatic nitrogens is 1. The van der Waals surface area contributed by atoms with Crippen LogP contribution in [0.1, 0.15) is 30.2 Å². The minimum absolute atomic E-state index is 0.236. The van der Waals surface area contributed by atoms with E-state index in [9.17, 15) is 14.4 Å². The molecule has 0 bridgehead atoms. The molecule has 136 valence electrons. The van der Waals surface area contributed by atoms with Gasteiger partial charge in [0.1, 0.15) is 17.8 Å². The standard InChI is InChI=1S/C18H20N4O4/c1-4-18(13-7-5-11(2)6-8-13)16(24)22(17(25)20-18)10-15(23)19-14-9-12(3)26-21-14/h5-9H,4,10H2,1-3H3,(H,20,25)(H,19,21,23)/t18-/m1/s1. The second kappa shape index (κ2) is 6.62. The Morgan fingerprint density at radius 2 is 1.96 bits per heavy atom. The highest BCUT2D eigenvalue weighted by atomic mass is 16.5. The summed E-state index contributed by atoms with van der Waals surface area (Å²) in [4.78, 5) is 38.5. The lowest BCUT2D eigenvalue weighted by atomic mass is 9.87. The first kappa shape index (κ1) is 17.7. The fourth-order valence-corrected chi connectivity index (χ4v) is 3.00. The van der Waals surface area contributed by atoms with Gasteiger partial charge in [-0.2, -0.15) is 0 Å². The van der Waals surface area contributed by atoms with E-state index in [1.54, 1.807) is 13.0 Å². The van der Waals surface area contributed by atoms with Crippen molar-refractivity contribution in [3.05, 3.63) is 47.2 Å². The van der Waals surface area contributed by atoms with Crippen LogP contribution < -0.4 is 10.6 Å².